The van der Waals surface area contributed by atoms with Gasteiger partial charge in [-0.1, -0.05) is 6.92 Å². The zero-order chi connectivity index (χ0) is 10.4. The SMILES string of the molecule is CSC(C)CNCCc1ccnn1C. The van der Waals surface area contributed by atoms with Gasteiger partial charge in [0.25, 0.3) is 0 Å². The van der Waals surface area contributed by atoms with Crippen LogP contribution in [-0.2, 0) is 13.5 Å². The lowest BCUT2D eigenvalue weighted by molar-refractivity contribution is 0.641. The van der Waals surface area contributed by atoms with Crippen LogP contribution in [0.2, 0.25) is 0 Å². The Balaban J connectivity index is 2.13. The van der Waals surface area contributed by atoms with Crippen molar-refractivity contribution in [3.8, 4) is 0 Å². The molecule has 0 fully saturated rings. The number of hydrogen-bond donors (Lipinski definition) is 1. The fourth-order valence-corrected chi connectivity index (χ4v) is 1.54. The lowest BCUT2D eigenvalue weighted by atomic mass is 10.3. The average molecular weight is 213 g/mol. The van der Waals surface area contributed by atoms with Gasteiger partial charge in [-0.2, -0.15) is 16.9 Å². The van der Waals surface area contributed by atoms with Crippen molar-refractivity contribution in [1.82, 2.24) is 15.1 Å². The van der Waals surface area contributed by atoms with Gasteiger partial charge in [0.15, 0.2) is 0 Å². The van der Waals surface area contributed by atoms with E-state index in [0.29, 0.717) is 5.25 Å². The fourth-order valence-electron chi connectivity index (χ4n) is 1.25. The van der Waals surface area contributed by atoms with Crippen LogP contribution in [0.3, 0.4) is 0 Å². The maximum Gasteiger partial charge on any atom is 0.0492 e. The number of nitrogens with one attached hydrogen (secondary N) is 1. The summed E-state index contributed by atoms with van der Waals surface area (Å²) in [4.78, 5) is 0. The van der Waals surface area contributed by atoms with Crippen molar-refractivity contribution >= 4 is 11.8 Å². The van der Waals surface area contributed by atoms with Crippen molar-refractivity contribution in [2.24, 2.45) is 7.05 Å². The number of thioether (sulfide) groups is 1. The molecule has 0 spiro atoms. The second-order valence-corrected chi connectivity index (χ2v) is 4.72. The molecule has 1 rings (SSSR count). The van der Waals surface area contributed by atoms with Gasteiger partial charge in [-0.15, -0.1) is 0 Å². The summed E-state index contributed by atoms with van der Waals surface area (Å²) in [5.74, 6) is 0. The van der Waals surface area contributed by atoms with Crippen LogP contribution in [-0.4, -0.2) is 34.4 Å². The van der Waals surface area contributed by atoms with Crippen molar-refractivity contribution in [3.05, 3.63) is 18.0 Å². The third kappa shape index (κ3) is 3.72. The van der Waals surface area contributed by atoms with Gasteiger partial charge in [0.05, 0.1) is 0 Å². The quantitative estimate of drug-likeness (QED) is 0.723. The van der Waals surface area contributed by atoms with Gasteiger partial charge in [-0.25, -0.2) is 0 Å². The minimum Gasteiger partial charge on any atom is -0.315 e. The highest BCUT2D eigenvalue weighted by atomic mass is 32.2. The Labute approximate surface area is 90.3 Å². The Morgan fingerprint density at radius 1 is 1.64 bits per heavy atom. The normalized spacial score (nSPS) is 13.1. The number of aromatic nitrogens is 2. The number of hydrogen-bond acceptors (Lipinski definition) is 3. The fraction of sp³-hybridized carbons (Fsp3) is 0.700. The molecule has 1 aromatic heterocycles. The van der Waals surface area contributed by atoms with Gasteiger partial charge in [0, 0.05) is 43.7 Å². The third-order valence-corrected chi connectivity index (χ3v) is 3.29. The number of aryl methyl sites for hydroxylation is 1. The topological polar surface area (TPSA) is 29.9 Å². The molecule has 0 aliphatic carbocycles. The molecule has 0 saturated carbocycles. The van der Waals surface area contributed by atoms with E-state index >= 15 is 0 Å². The van der Waals surface area contributed by atoms with E-state index in [4.69, 9.17) is 0 Å². The van der Waals surface area contributed by atoms with Gasteiger partial charge < -0.3 is 5.32 Å². The third-order valence-electron chi connectivity index (χ3n) is 2.31. The van der Waals surface area contributed by atoms with Crippen LogP contribution >= 0.6 is 11.8 Å². The number of rotatable bonds is 6. The molecule has 0 amide bonds. The van der Waals surface area contributed by atoms with Gasteiger partial charge in [-0.3, -0.25) is 4.68 Å². The maximum atomic E-state index is 4.13. The molecule has 1 heterocycles. The highest BCUT2D eigenvalue weighted by Crippen LogP contribution is 2.02. The summed E-state index contributed by atoms with van der Waals surface area (Å²) < 4.78 is 1.93. The molecular formula is C10H19N3S. The summed E-state index contributed by atoms with van der Waals surface area (Å²) in [5, 5.41) is 8.27. The van der Waals surface area contributed by atoms with E-state index in [0.717, 1.165) is 19.5 Å². The van der Waals surface area contributed by atoms with E-state index < -0.39 is 0 Å². The lowest BCUT2D eigenvalue weighted by Gasteiger charge is -2.09. The molecule has 0 bridgehead atoms. The molecule has 0 saturated heterocycles. The molecule has 3 nitrogen and oxygen atoms in total. The molecule has 80 valence electrons. The van der Waals surface area contributed by atoms with Crippen LogP contribution in [0.15, 0.2) is 12.3 Å². The molecule has 0 radical (unpaired) electrons. The molecule has 1 unspecified atom stereocenters. The minimum atomic E-state index is 0.696. The Hall–Kier alpha value is -0.480. The molecule has 4 heteroatoms. The van der Waals surface area contributed by atoms with Crippen LogP contribution in [0.5, 0.6) is 0 Å². The first kappa shape index (κ1) is 11.6. The van der Waals surface area contributed by atoms with Crippen LogP contribution in [0, 0.1) is 0 Å². The van der Waals surface area contributed by atoms with E-state index in [1.807, 2.05) is 29.7 Å². The van der Waals surface area contributed by atoms with Gasteiger partial charge in [0.1, 0.15) is 0 Å². The Morgan fingerprint density at radius 3 is 3.00 bits per heavy atom. The van der Waals surface area contributed by atoms with Crippen molar-refractivity contribution in [1.29, 1.82) is 0 Å². The Bertz CT molecular complexity index is 260. The Kier molecular flexibility index (Phi) is 5.04. The molecule has 0 aliphatic heterocycles. The first-order valence-electron chi connectivity index (χ1n) is 4.94. The first-order chi connectivity index (χ1) is 6.74. The van der Waals surface area contributed by atoms with E-state index in [1.54, 1.807) is 0 Å². The van der Waals surface area contributed by atoms with Crippen LogP contribution in [0.1, 0.15) is 12.6 Å². The van der Waals surface area contributed by atoms with Crippen molar-refractivity contribution in [2.75, 3.05) is 19.3 Å². The minimum absolute atomic E-state index is 0.696. The van der Waals surface area contributed by atoms with Gasteiger partial charge in [0.2, 0.25) is 0 Å². The van der Waals surface area contributed by atoms with E-state index in [9.17, 15) is 0 Å². The summed E-state index contributed by atoms with van der Waals surface area (Å²) in [6.07, 6.45) is 5.05. The molecule has 14 heavy (non-hydrogen) atoms. The second kappa shape index (κ2) is 6.09. The van der Waals surface area contributed by atoms with Crippen LogP contribution in [0.4, 0.5) is 0 Å². The Morgan fingerprint density at radius 2 is 2.43 bits per heavy atom. The second-order valence-electron chi connectivity index (χ2n) is 3.45. The summed E-state index contributed by atoms with van der Waals surface area (Å²) >= 11 is 1.90. The van der Waals surface area contributed by atoms with Crippen molar-refractivity contribution in [2.45, 2.75) is 18.6 Å². The molecule has 1 N–H and O–H groups in total. The zero-order valence-electron chi connectivity index (χ0n) is 9.16. The monoisotopic (exact) mass is 213 g/mol. The molecule has 0 aromatic carbocycles. The van der Waals surface area contributed by atoms with Gasteiger partial charge >= 0.3 is 0 Å². The predicted molar refractivity (Wildman–Crippen MR) is 62.8 cm³/mol. The maximum absolute atomic E-state index is 4.13. The predicted octanol–water partition coefficient (Wildman–Crippen LogP) is 1.30. The summed E-state index contributed by atoms with van der Waals surface area (Å²) in [5.41, 5.74) is 1.29. The van der Waals surface area contributed by atoms with Crippen molar-refractivity contribution < 1.29 is 0 Å². The standard InChI is InChI=1S/C10H19N3S/c1-9(14-3)8-11-6-4-10-5-7-12-13(10)2/h5,7,9,11H,4,6,8H2,1-3H3. The van der Waals surface area contributed by atoms with E-state index in [2.05, 4.69) is 29.7 Å². The molecule has 0 aliphatic rings. The van der Waals surface area contributed by atoms with Crippen LogP contribution < -0.4 is 5.32 Å². The highest BCUT2D eigenvalue weighted by Gasteiger charge is 2.00. The summed E-state index contributed by atoms with van der Waals surface area (Å²) in [6.45, 7) is 4.35. The molecule has 1 aromatic rings. The molecule has 1 atom stereocenters. The number of nitrogens with zero attached hydrogens (tertiary/aromatic N) is 2. The summed E-state index contributed by atoms with van der Waals surface area (Å²) in [6, 6.07) is 2.07. The lowest BCUT2D eigenvalue weighted by Crippen LogP contribution is -2.25. The largest absolute Gasteiger partial charge is 0.315 e. The van der Waals surface area contributed by atoms with Gasteiger partial charge in [-0.05, 0) is 12.3 Å². The average Bonchev–Trinajstić information content (AvgIpc) is 2.58. The zero-order valence-corrected chi connectivity index (χ0v) is 9.97. The van der Waals surface area contributed by atoms with E-state index in [1.165, 1.54) is 5.69 Å². The van der Waals surface area contributed by atoms with Crippen LogP contribution in [0.25, 0.3) is 0 Å². The summed E-state index contributed by atoms with van der Waals surface area (Å²) in [7, 11) is 1.99. The molecular weight excluding hydrogens is 194 g/mol. The highest BCUT2D eigenvalue weighted by molar-refractivity contribution is 7.99. The first-order valence-corrected chi connectivity index (χ1v) is 6.23. The van der Waals surface area contributed by atoms with E-state index in [-0.39, 0.29) is 0 Å². The smallest absolute Gasteiger partial charge is 0.0492 e. The van der Waals surface area contributed by atoms with Crippen molar-refractivity contribution in [3.63, 3.8) is 0 Å².